The second-order valence-corrected chi connectivity index (χ2v) is 6.64. The number of rotatable bonds is 4. The van der Waals surface area contributed by atoms with E-state index < -0.39 is 0 Å². The number of fused-ring (bicyclic) bond motifs is 1. The molecule has 140 valence electrons. The van der Waals surface area contributed by atoms with E-state index in [4.69, 9.17) is 0 Å². The van der Waals surface area contributed by atoms with E-state index in [0.717, 1.165) is 5.69 Å². The summed E-state index contributed by atoms with van der Waals surface area (Å²) in [6, 6.07) is 20.3. The number of benzene rings is 2. The highest BCUT2D eigenvalue weighted by Gasteiger charge is 2.22. The maximum Gasteiger partial charge on any atom is 0.322 e. The molecule has 2 N–H and O–H groups in total. The third-order valence-corrected chi connectivity index (χ3v) is 4.68. The van der Waals surface area contributed by atoms with Gasteiger partial charge in [-0.25, -0.2) is 4.79 Å². The van der Waals surface area contributed by atoms with Crippen molar-refractivity contribution in [3.63, 3.8) is 0 Å². The van der Waals surface area contributed by atoms with Crippen molar-refractivity contribution in [1.82, 2.24) is 15.2 Å². The molecule has 0 aliphatic carbocycles. The Bertz CT molecular complexity index is 962. The fourth-order valence-corrected chi connectivity index (χ4v) is 3.16. The lowest BCUT2D eigenvalue weighted by molar-refractivity contribution is 0.0950. The Hall–Kier alpha value is -3.67. The molecule has 6 nitrogen and oxygen atoms in total. The molecule has 0 spiro atoms. The molecule has 2 heterocycles. The van der Waals surface area contributed by atoms with E-state index in [1.807, 2.05) is 42.5 Å². The molecular weight excluding hydrogens is 352 g/mol. The van der Waals surface area contributed by atoms with Crippen molar-refractivity contribution in [3.05, 3.63) is 95.3 Å². The van der Waals surface area contributed by atoms with Crippen molar-refractivity contribution >= 4 is 17.6 Å². The Labute approximate surface area is 163 Å². The average molecular weight is 372 g/mol. The monoisotopic (exact) mass is 372 g/mol. The van der Waals surface area contributed by atoms with Crippen LogP contribution in [-0.2, 0) is 19.6 Å². The number of urea groups is 1. The van der Waals surface area contributed by atoms with Crippen LogP contribution in [0.1, 0.15) is 27.2 Å². The van der Waals surface area contributed by atoms with Gasteiger partial charge in [-0.15, -0.1) is 0 Å². The molecule has 3 amide bonds. The third-order valence-electron chi connectivity index (χ3n) is 4.68. The van der Waals surface area contributed by atoms with Gasteiger partial charge in [0, 0.05) is 30.5 Å². The molecule has 1 aliphatic rings. The average Bonchev–Trinajstić information content (AvgIpc) is 3.18. The van der Waals surface area contributed by atoms with Gasteiger partial charge in [0.05, 0.1) is 12.2 Å². The van der Waals surface area contributed by atoms with E-state index >= 15 is 0 Å². The molecule has 6 heteroatoms. The van der Waals surface area contributed by atoms with Crippen LogP contribution < -0.4 is 10.6 Å². The van der Waals surface area contributed by atoms with Crippen LogP contribution in [-0.4, -0.2) is 21.8 Å². The van der Waals surface area contributed by atoms with E-state index in [2.05, 4.69) is 15.6 Å². The molecule has 0 fully saturated rings. The molecule has 0 bridgehead atoms. The zero-order chi connectivity index (χ0) is 19.3. The summed E-state index contributed by atoms with van der Waals surface area (Å²) in [4.78, 5) is 30.7. The van der Waals surface area contributed by atoms with Crippen molar-refractivity contribution in [3.8, 4) is 0 Å². The van der Waals surface area contributed by atoms with Gasteiger partial charge in [0.2, 0.25) is 0 Å². The first-order valence-corrected chi connectivity index (χ1v) is 9.10. The summed E-state index contributed by atoms with van der Waals surface area (Å²) in [5.41, 5.74) is 4.34. The van der Waals surface area contributed by atoms with Crippen molar-refractivity contribution < 1.29 is 9.59 Å². The quantitative estimate of drug-likeness (QED) is 0.735. The Balaban J connectivity index is 1.32. The number of pyridine rings is 1. The van der Waals surface area contributed by atoms with E-state index in [-0.39, 0.29) is 11.9 Å². The third kappa shape index (κ3) is 4.01. The second kappa shape index (κ2) is 7.92. The van der Waals surface area contributed by atoms with Crippen LogP contribution >= 0.6 is 0 Å². The predicted octanol–water partition coefficient (Wildman–Crippen LogP) is 3.56. The number of aromatic nitrogens is 1. The van der Waals surface area contributed by atoms with Crippen molar-refractivity contribution in [1.29, 1.82) is 0 Å². The van der Waals surface area contributed by atoms with Crippen LogP contribution in [0, 0.1) is 0 Å². The molecule has 2 aromatic carbocycles. The minimum atomic E-state index is -0.182. The van der Waals surface area contributed by atoms with Crippen molar-refractivity contribution in [2.45, 2.75) is 19.6 Å². The smallest absolute Gasteiger partial charge is 0.322 e. The molecule has 28 heavy (non-hydrogen) atoms. The zero-order valence-electron chi connectivity index (χ0n) is 15.3. The molecule has 1 aromatic heterocycles. The Morgan fingerprint density at radius 3 is 2.21 bits per heavy atom. The molecule has 0 unspecified atom stereocenters. The van der Waals surface area contributed by atoms with Gasteiger partial charge in [-0.2, -0.15) is 0 Å². The van der Waals surface area contributed by atoms with Gasteiger partial charge in [0.25, 0.3) is 5.91 Å². The molecule has 0 saturated carbocycles. The largest absolute Gasteiger partial charge is 0.346 e. The first kappa shape index (κ1) is 17.7. The minimum absolute atomic E-state index is 0.149. The summed E-state index contributed by atoms with van der Waals surface area (Å²) < 4.78 is 0. The van der Waals surface area contributed by atoms with Gasteiger partial charge in [-0.05, 0) is 47.5 Å². The topological polar surface area (TPSA) is 74.3 Å². The van der Waals surface area contributed by atoms with Gasteiger partial charge in [-0.3, -0.25) is 9.78 Å². The number of hydrogen-bond acceptors (Lipinski definition) is 3. The maximum absolute atomic E-state index is 12.5. The molecule has 0 radical (unpaired) electrons. The second-order valence-electron chi connectivity index (χ2n) is 6.64. The SMILES string of the molecule is O=C(NCc1ccccn1)c1ccc(NC(=O)N2Cc3ccccc3C2)cc1. The highest BCUT2D eigenvalue weighted by atomic mass is 16.2. The van der Waals surface area contributed by atoms with Crippen LogP contribution in [0.15, 0.2) is 72.9 Å². The summed E-state index contributed by atoms with van der Waals surface area (Å²) in [7, 11) is 0. The predicted molar refractivity (Wildman–Crippen MR) is 107 cm³/mol. The van der Waals surface area contributed by atoms with E-state index in [9.17, 15) is 9.59 Å². The van der Waals surface area contributed by atoms with Gasteiger partial charge in [0.1, 0.15) is 0 Å². The maximum atomic E-state index is 12.5. The Morgan fingerprint density at radius 1 is 0.893 bits per heavy atom. The summed E-state index contributed by atoms with van der Waals surface area (Å²) in [5.74, 6) is -0.182. The fourth-order valence-electron chi connectivity index (χ4n) is 3.16. The van der Waals surface area contributed by atoms with Gasteiger partial charge >= 0.3 is 6.03 Å². The van der Waals surface area contributed by atoms with Gasteiger partial charge < -0.3 is 15.5 Å². The van der Waals surface area contributed by atoms with Crippen LogP contribution in [0.2, 0.25) is 0 Å². The van der Waals surface area contributed by atoms with Gasteiger partial charge in [-0.1, -0.05) is 30.3 Å². The molecule has 4 rings (SSSR count). The Kier molecular flexibility index (Phi) is 5.01. The lowest BCUT2D eigenvalue weighted by atomic mass is 10.1. The zero-order valence-corrected chi connectivity index (χ0v) is 15.3. The first-order chi connectivity index (χ1) is 13.7. The Morgan fingerprint density at radius 2 is 1.57 bits per heavy atom. The highest BCUT2D eigenvalue weighted by Crippen LogP contribution is 2.23. The lowest BCUT2D eigenvalue weighted by Gasteiger charge is -2.16. The number of amides is 3. The van der Waals surface area contributed by atoms with Crippen LogP contribution in [0.3, 0.4) is 0 Å². The fraction of sp³-hybridized carbons (Fsp3) is 0.136. The van der Waals surface area contributed by atoms with Crippen LogP contribution in [0.5, 0.6) is 0 Å². The first-order valence-electron chi connectivity index (χ1n) is 9.10. The van der Waals surface area contributed by atoms with E-state index in [1.165, 1.54) is 11.1 Å². The number of carbonyl (C=O) groups excluding carboxylic acids is 2. The summed E-state index contributed by atoms with van der Waals surface area (Å²) in [5, 5.41) is 5.72. The number of anilines is 1. The highest BCUT2D eigenvalue weighted by molar-refractivity contribution is 5.95. The van der Waals surface area contributed by atoms with Gasteiger partial charge in [0.15, 0.2) is 0 Å². The number of nitrogens with zero attached hydrogens (tertiary/aromatic N) is 2. The standard InChI is InChI=1S/C22H20N4O2/c27-21(24-13-20-7-3-4-12-23-20)16-8-10-19(11-9-16)25-22(28)26-14-17-5-1-2-6-18(17)15-26/h1-12H,13-15H2,(H,24,27)(H,25,28). The molecule has 0 saturated heterocycles. The van der Waals surface area contributed by atoms with Crippen molar-refractivity contribution in [2.24, 2.45) is 0 Å². The summed E-state index contributed by atoms with van der Waals surface area (Å²) in [6.07, 6.45) is 1.69. The minimum Gasteiger partial charge on any atom is -0.346 e. The molecule has 1 aliphatic heterocycles. The van der Waals surface area contributed by atoms with Crippen LogP contribution in [0.4, 0.5) is 10.5 Å². The number of nitrogens with one attached hydrogen (secondary N) is 2. The normalized spacial score (nSPS) is 12.4. The summed E-state index contributed by atoms with van der Waals surface area (Å²) in [6.45, 7) is 1.58. The van der Waals surface area contributed by atoms with Crippen molar-refractivity contribution in [2.75, 3.05) is 5.32 Å². The number of hydrogen-bond donors (Lipinski definition) is 2. The van der Waals surface area contributed by atoms with E-state index in [0.29, 0.717) is 30.9 Å². The lowest BCUT2D eigenvalue weighted by Crippen LogP contribution is -2.30. The summed E-state index contributed by atoms with van der Waals surface area (Å²) >= 11 is 0. The molecule has 0 atom stereocenters. The van der Waals surface area contributed by atoms with E-state index in [1.54, 1.807) is 35.4 Å². The molecular formula is C22H20N4O2. The molecule has 3 aromatic rings. The van der Waals surface area contributed by atoms with Crippen LogP contribution in [0.25, 0.3) is 0 Å². The number of carbonyl (C=O) groups is 2.